The van der Waals surface area contributed by atoms with Gasteiger partial charge in [-0.05, 0) is 34.6 Å². The summed E-state index contributed by atoms with van der Waals surface area (Å²) < 4.78 is 10.9. The number of benzene rings is 1. The number of halogens is 1. The molecule has 3 nitrogen and oxygen atoms in total. The van der Waals surface area contributed by atoms with Crippen LogP contribution in [-0.4, -0.2) is 26.3 Å². The SMILES string of the molecule is CC/C(COCOC)=C(/I)C(=O)c1ccccc1. The van der Waals surface area contributed by atoms with Crippen molar-refractivity contribution in [3.63, 3.8) is 0 Å². The van der Waals surface area contributed by atoms with Crippen LogP contribution in [0.15, 0.2) is 39.5 Å². The fraction of sp³-hybridized carbons (Fsp3) is 0.357. The summed E-state index contributed by atoms with van der Waals surface area (Å²) in [5.74, 6) is 0.0501. The molecule has 0 aromatic heterocycles. The third-order valence-electron chi connectivity index (χ3n) is 2.45. The van der Waals surface area contributed by atoms with Crippen molar-refractivity contribution in [1.29, 1.82) is 0 Å². The van der Waals surface area contributed by atoms with E-state index in [4.69, 9.17) is 9.47 Å². The van der Waals surface area contributed by atoms with Crippen LogP contribution in [0.2, 0.25) is 0 Å². The van der Waals surface area contributed by atoms with E-state index in [0.29, 0.717) is 12.2 Å². The van der Waals surface area contributed by atoms with Crippen LogP contribution >= 0.6 is 22.6 Å². The molecule has 0 amide bonds. The van der Waals surface area contributed by atoms with Gasteiger partial charge in [0.05, 0.1) is 10.2 Å². The number of hydrogen-bond acceptors (Lipinski definition) is 3. The molecule has 98 valence electrons. The summed E-state index contributed by atoms with van der Waals surface area (Å²) in [6.07, 6.45) is 0.792. The van der Waals surface area contributed by atoms with E-state index in [1.807, 2.05) is 37.3 Å². The van der Waals surface area contributed by atoms with Crippen LogP contribution in [0.25, 0.3) is 0 Å². The third-order valence-corrected chi connectivity index (χ3v) is 3.70. The average molecular weight is 360 g/mol. The minimum atomic E-state index is 0.0501. The molecular formula is C14H17IO3. The summed E-state index contributed by atoms with van der Waals surface area (Å²) >= 11 is 2.09. The second-order valence-electron chi connectivity index (χ2n) is 3.72. The fourth-order valence-electron chi connectivity index (χ4n) is 1.45. The Kier molecular flexibility index (Phi) is 7.15. The Morgan fingerprint density at radius 3 is 2.50 bits per heavy atom. The van der Waals surface area contributed by atoms with E-state index < -0.39 is 0 Å². The molecule has 18 heavy (non-hydrogen) atoms. The number of methoxy groups -OCH3 is 1. The van der Waals surface area contributed by atoms with Gasteiger partial charge in [-0.3, -0.25) is 4.79 Å². The highest BCUT2D eigenvalue weighted by Gasteiger charge is 2.13. The number of rotatable bonds is 7. The highest BCUT2D eigenvalue weighted by molar-refractivity contribution is 14.1. The lowest BCUT2D eigenvalue weighted by Gasteiger charge is -2.09. The molecule has 0 bridgehead atoms. The molecule has 0 aliphatic rings. The van der Waals surface area contributed by atoms with Crippen LogP contribution in [0, 0.1) is 0 Å². The first-order valence-electron chi connectivity index (χ1n) is 5.74. The largest absolute Gasteiger partial charge is 0.359 e. The Labute approximate surface area is 121 Å². The van der Waals surface area contributed by atoms with E-state index in [0.717, 1.165) is 15.6 Å². The Morgan fingerprint density at radius 1 is 1.28 bits per heavy atom. The van der Waals surface area contributed by atoms with Crippen molar-refractivity contribution in [3.8, 4) is 0 Å². The fourth-order valence-corrected chi connectivity index (χ4v) is 2.29. The van der Waals surface area contributed by atoms with Crippen LogP contribution in [0.5, 0.6) is 0 Å². The summed E-state index contributed by atoms with van der Waals surface area (Å²) in [4.78, 5) is 12.2. The van der Waals surface area contributed by atoms with Gasteiger partial charge >= 0.3 is 0 Å². The minimum Gasteiger partial charge on any atom is -0.359 e. The second-order valence-corrected chi connectivity index (χ2v) is 4.80. The summed E-state index contributed by atoms with van der Waals surface area (Å²) in [5, 5.41) is 0. The topological polar surface area (TPSA) is 35.5 Å². The Morgan fingerprint density at radius 2 is 1.94 bits per heavy atom. The van der Waals surface area contributed by atoms with Gasteiger partial charge < -0.3 is 9.47 Å². The quantitative estimate of drug-likeness (QED) is 0.245. The van der Waals surface area contributed by atoms with Crippen LogP contribution in [0.3, 0.4) is 0 Å². The van der Waals surface area contributed by atoms with Crippen LogP contribution in [-0.2, 0) is 9.47 Å². The summed E-state index contributed by atoms with van der Waals surface area (Å²) in [6, 6.07) is 9.28. The van der Waals surface area contributed by atoms with Gasteiger partial charge in [0.15, 0.2) is 5.78 Å². The number of ether oxygens (including phenoxy) is 2. The molecule has 0 aliphatic carbocycles. The highest BCUT2D eigenvalue weighted by atomic mass is 127. The molecule has 1 aromatic carbocycles. The van der Waals surface area contributed by atoms with Crippen molar-refractivity contribution in [2.24, 2.45) is 0 Å². The molecule has 0 atom stereocenters. The number of hydrogen-bond donors (Lipinski definition) is 0. The summed E-state index contributed by atoms with van der Waals surface area (Å²) in [5.41, 5.74) is 1.71. The van der Waals surface area contributed by atoms with E-state index in [1.165, 1.54) is 0 Å². The van der Waals surface area contributed by atoms with Gasteiger partial charge in [0, 0.05) is 12.7 Å². The zero-order chi connectivity index (χ0) is 13.4. The number of Topliss-reactive ketones (excluding diaryl/α,β-unsaturated/α-hetero) is 1. The Balaban J connectivity index is 2.81. The molecule has 1 aromatic rings. The van der Waals surface area contributed by atoms with Crippen molar-refractivity contribution in [3.05, 3.63) is 45.0 Å². The van der Waals surface area contributed by atoms with Gasteiger partial charge in [0.1, 0.15) is 6.79 Å². The van der Waals surface area contributed by atoms with Gasteiger partial charge in [0.2, 0.25) is 0 Å². The zero-order valence-electron chi connectivity index (χ0n) is 10.6. The van der Waals surface area contributed by atoms with Crippen molar-refractivity contribution in [2.45, 2.75) is 13.3 Å². The standard InChI is InChI=1S/C14H17IO3/c1-3-11(9-18-10-17-2)13(15)14(16)12-7-5-4-6-8-12/h4-8H,3,9-10H2,1-2H3/b13-11-. The normalized spacial score (nSPS) is 12.2. The number of carbonyl (C=O) groups excluding carboxylic acids is 1. The maximum atomic E-state index is 12.2. The summed E-state index contributed by atoms with van der Waals surface area (Å²) in [6.45, 7) is 2.69. The maximum absolute atomic E-state index is 12.2. The average Bonchev–Trinajstić information content (AvgIpc) is 2.43. The molecule has 0 saturated heterocycles. The Hall–Kier alpha value is -0.720. The van der Waals surface area contributed by atoms with E-state index in [-0.39, 0.29) is 12.6 Å². The molecule has 1 rings (SSSR count). The molecule has 0 spiro atoms. The molecular weight excluding hydrogens is 343 g/mol. The summed E-state index contributed by atoms with van der Waals surface area (Å²) in [7, 11) is 1.58. The highest BCUT2D eigenvalue weighted by Crippen LogP contribution is 2.21. The molecule has 4 heteroatoms. The smallest absolute Gasteiger partial charge is 0.199 e. The van der Waals surface area contributed by atoms with Crippen molar-refractivity contribution < 1.29 is 14.3 Å². The first-order chi connectivity index (χ1) is 8.70. The van der Waals surface area contributed by atoms with Gasteiger partial charge in [-0.15, -0.1) is 0 Å². The lowest BCUT2D eigenvalue weighted by molar-refractivity contribution is -0.0216. The van der Waals surface area contributed by atoms with E-state index in [1.54, 1.807) is 7.11 Å². The van der Waals surface area contributed by atoms with Gasteiger partial charge in [-0.1, -0.05) is 37.3 Å². The first-order valence-corrected chi connectivity index (χ1v) is 6.82. The number of carbonyl (C=O) groups is 1. The Bertz CT molecular complexity index is 412. The predicted octanol–water partition coefficient (Wildman–Crippen LogP) is 3.59. The van der Waals surface area contributed by atoms with E-state index in [9.17, 15) is 4.79 Å². The van der Waals surface area contributed by atoms with Crippen LogP contribution in [0.1, 0.15) is 23.7 Å². The maximum Gasteiger partial charge on any atom is 0.199 e. The van der Waals surface area contributed by atoms with Gasteiger partial charge in [-0.2, -0.15) is 0 Å². The molecule has 0 unspecified atom stereocenters. The van der Waals surface area contributed by atoms with Crippen molar-refractivity contribution in [1.82, 2.24) is 0 Å². The lowest BCUT2D eigenvalue weighted by atomic mass is 10.1. The molecule has 0 fully saturated rings. The van der Waals surface area contributed by atoms with Crippen LogP contribution in [0.4, 0.5) is 0 Å². The van der Waals surface area contributed by atoms with E-state index in [2.05, 4.69) is 22.6 Å². The zero-order valence-corrected chi connectivity index (χ0v) is 12.8. The second kappa shape index (κ2) is 8.39. The lowest BCUT2D eigenvalue weighted by Crippen LogP contribution is -2.07. The van der Waals surface area contributed by atoms with Crippen molar-refractivity contribution >= 4 is 28.4 Å². The van der Waals surface area contributed by atoms with Crippen molar-refractivity contribution in [2.75, 3.05) is 20.5 Å². The number of allylic oxidation sites excluding steroid dienone is 1. The molecule has 0 heterocycles. The van der Waals surface area contributed by atoms with Crippen LogP contribution < -0.4 is 0 Å². The molecule has 0 saturated carbocycles. The number of ketones is 1. The molecule has 0 radical (unpaired) electrons. The first kappa shape index (κ1) is 15.3. The van der Waals surface area contributed by atoms with E-state index >= 15 is 0 Å². The predicted molar refractivity (Wildman–Crippen MR) is 79.9 cm³/mol. The van der Waals surface area contributed by atoms with Gasteiger partial charge in [0.25, 0.3) is 0 Å². The molecule has 0 N–H and O–H groups in total. The monoisotopic (exact) mass is 360 g/mol. The third kappa shape index (κ3) is 4.51. The minimum absolute atomic E-state index is 0.0501. The molecule has 0 aliphatic heterocycles. The van der Waals surface area contributed by atoms with Gasteiger partial charge in [-0.25, -0.2) is 0 Å².